The van der Waals surface area contributed by atoms with Crippen molar-refractivity contribution in [3.8, 4) is 5.75 Å². The standard InChI is InChI=1S/C37H36O/c1-4-38-35-22-17-29(18-23-35)19-24-36-27(2)25-34(28(36)3)26-30-15-20-33(21-16-30)37(31-11-7-5-8-12-31)32-13-9-6-10-14-32/h5-18,20-23,26,36-37H,2-4,19,24-25H2,1H3/b34-26-. The lowest BCUT2D eigenvalue weighted by atomic mass is 9.85. The predicted octanol–water partition coefficient (Wildman–Crippen LogP) is 9.41. The first kappa shape index (κ1) is 25.5. The smallest absolute Gasteiger partial charge is 0.119 e. The highest BCUT2D eigenvalue weighted by Crippen LogP contribution is 2.42. The average molecular weight is 497 g/mol. The van der Waals surface area contributed by atoms with Crippen molar-refractivity contribution in [2.75, 3.05) is 6.61 Å². The van der Waals surface area contributed by atoms with E-state index in [0.29, 0.717) is 12.5 Å². The monoisotopic (exact) mass is 496 g/mol. The molecule has 1 atom stereocenters. The maximum absolute atomic E-state index is 5.57. The molecule has 1 heteroatoms. The van der Waals surface area contributed by atoms with Gasteiger partial charge in [0.15, 0.2) is 0 Å². The summed E-state index contributed by atoms with van der Waals surface area (Å²) in [6.45, 7) is 11.6. The largest absolute Gasteiger partial charge is 0.494 e. The normalized spacial score (nSPS) is 16.4. The van der Waals surface area contributed by atoms with E-state index in [-0.39, 0.29) is 5.92 Å². The molecular weight excluding hydrogens is 460 g/mol. The lowest BCUT2D eigenvalue weighted by Crippen LogP contribution is -2.03. The van der Waals surface area contributed by atoms with Crippen molar-refractivity contribution >= 4 is 6.08 Å². The van der Waals surface area contributed by atoms with Gasteiger partial charge in [0.1, 0.15) is 5.75 Å². The molecule has 0 heterocycles. The minimum Gasteiger partial charge on any atom is -0.494 e. The molecule has 0 amide bonds. The molecule has 0 aliphatic heterocycles. The Kier molecular flexibility index (Phi) is 8.04. The van der Waals surface area contributed by atoms with Crippen LogP contribution >= 0.6 is 0 Å². The number of benzene rings is 4. The zero-order valence-electron chi connectivity index (χ0n) is 22.3. The van der Waals surface area contributed by atoms with Gasteiger partial charge in [-0.25, -0.2) is 0 Å². The third kappa shape index (κ3) is 5.89. The Morgan fingerprint density at radius 1 is 0.763 bits per heavy atom. The van der Waals surface area contributed by atoms with Crippen LogP contribution in [0.15, 0.2) is 139 Å². The molecule has 0 radical (unpaired) electrons. The maximum Gasteiger partial charge on any atom is 0.119 e. The summed E-state index contributed by atoms with van der Waals surface area (Å²) in [5.41, 5.74) is 10.3. The molecule has 38 heavy (non-hydrogen) atoms. The molecule has 1 aliphatic rings. The molecule has 1 aliphatic carbocycles. The third-order valence-electron chi connectivity index (χ3n) is 7.58. The molecule has 1 unspecified atom stereocenters. The second-order valence-corrected chi connectivity index (χ2v) is 10.1. The zero-order chi connectivity index (χ0) is 26.3. The third-order valence-corrected chi connectivity index (χ3v) is 7.58. The van der Waals surface area contributed by atoms with E-state index in [1.54, 1.807) is 0 Å². The van der Waals surface area contributed by atoms with Gasteiger partial charge < -0.3 is 4.74 Å². The van der Waals surface area contributed by atoms with Gasteiger partial charge in [-0.1, -0.05) is 122 Å². The van der Waals surface area contributed by atoms with Crippen molar-refractivity contribution in [3.05, 3.63) is 167 Å². The number of rotatable bonds is 9. The second kappa shape index (κ2) is 12.0. The van der Waals surface area contributed by atoms with Crippen molar-refractivity contribution in [1.82, 2.24) is 0 Å². The minimum atomic E-state index is 0.215. The number of hydrogen-bond acceptors (Lipinski definition) is 1. The van der Waals surface area contributed by atoms with Gasteiger partial charge in [-0.15, -0.1) is 0 Å². The lowest BCUT2D eigenvalue weighted by molar-refractivity contribution is 0.340. The van der Waals surface area contributed by atoms with Crippen molar-refractivity contribution in [2.45, 2.75) is 32.1 Å². The molecule has 4 aromatic carbocycles. The van der Waals surface area contributed by atoms with Gasteiger partial charge in [0, 0.05) is 11.8 Å². The van der Waals surface area contributed by atoms with Crippen molar-refractivity contribution in [1.29, 1.82) is 0 Å². The molecule has 4 aromatic rings. The van der Waals surface area contributed by atoms with Crippen LogP contribution in [0.4, 0.5) is 0 Å². The summed E-state index contributed by atoms with van der Waals surface area (Å²) in [7, 11) is 0. The van der Waals surface area contributed by atoms with Gasteiger partial charge in [0.2, 0.25) is 0 Å². The van der Waals surface area contributed by atoms with Crippen molar-refractivity contribution in [3.63, 3.8) is 0 Å². The number of ether oxygens (including phenoxy) is 1. The SMILES string of the molecule is C=C1C/C(=C/c2ccc(C(c3ccccc3)c3ccccc3)cc2)C(=C)C1CCc1ccc(OCC)cc1. The molecule has 190 valence electrons. The van der Waals surface area contributed by atoms with E-state index in [9.17, 15) is 0 Å². The summed E-state index contributed by atoms with van der Waals surface area (Å²) in [6.07, 6.45) is 5.26. The highest BCUT2D eigenvalue weighted by atomic mass is 16.5. The van der Waals surface area contributed by atoms with E-state index < -0.39 is 0 Å². The molecule has 0 spiro atoms. The lowest BCUT2D eigenvalue weighted by Gasteiger charge is -2.19. The summed E-state index contributed by atoms with van der Waals surface area (Å²) in [5.74, 6) is 1.49. The molecule has 1 saturated carbocycles. The molecule has 0 N–H and O–H groups in total. The first-order valence-corrected chi connectivity index (χ1v) is 13.6. The van der Waals surface area contributed by atoms with Crippen LogP contribution in [-0.2, 0) is 6.42 Å². The molecule has 1 nitrogen and oxygen atoms in total. The van der Waals surface area contributed by atoms with E-state index in [1.165, 1.54) is 44.5 Å². The van der Waals surface area contributed by atoms with Crippen LogP contribution in [0.25, 0.3) is 6.08 Å². The topological polar surface area (TPSA) is 9.23 Å². The molecule has 0 aromatic heterocycles. The van der Waals surface area contributed by atoms with E-state index in [2.05, 4.69) is 128 Å². The highest BCUT2D eigenvalue weighted by molar-refractivity contribution is 5.63. The average Bonchev–Trinajstić information content (AvgIpc) is 3.22. The molecule has 1 fully saturated rings. The molecular formula is C37H36O. The first-order valence-electron chi connectivity index (χ1n) is 13.6. The van der Waals surface area contributed by atoms with Crippen LogP contribution in [0.5, 0.6) is 5.75 Å². The quantitative estimate of drug-likeness (QED) is 0.166. The van der Waals surface area contributed by atoms with Gasteiger partial charge in [0.05, 0.1) is 6.61 Å². The summed E-state index contributed by atoms with van der Waals surface area (Å²) < 4.78 is 5.57. The highest BCUT2D eigenvalue weighted by Gasteiger charge is 2.27. The second-order valence-electron chi connectivity index (χ2n) is 10.1. The van der Waals surface area contributed by atoms with Crippen LogP contribution in [0.2, 0.25) is 0 Å². The Morgan fingerprint density at radius 2 is 1.34 bits per heavy atom. The Bertz CT molecular complexity index is 1350. The van der Waals surface area contributed by atoms with E-state index in [4.69, 9.17) is 4.74 Å². The fourth-order valence-electron chi connectivity index (χ4n) is 5.56. The Hall–Kier alpha value is -4.10. The van der Waals surface area contributed by atoms with Gasteiger partial charge in [-0.05, 0) is 77.3 Å². The number of allylic oxidation sites excluding steroid dienone is 3. The van der Waals surface area contributed by atoms with Crippen LogP contribution in [0, 0.1) is 5.92 Å². The van der Waals surface area contributed by atoms with Gasteiger partial charge in [0.25, 0.3) is 0 Å². The predicted molar refractivity (Wildman–Crippen MR) is 161 cm³/mol. The summed E-state index contributed by atoms with van der Waals surface area (Å²) in [5, 5.41) is 0. The fraction of sp³-hybridized carbons (Fsp3) is 0.189. The van der Waals surface area contributed by atoms with Gasteiger partial charge in [-0.3, -0.25) is 0 Å². The zero-order valence-corrected chi connectivity index (χ0v) is 22.3. The van der Waals surface area contributed by atoms with Gasteiger partial charge in [-0.2, -0.15) is 0 Å². The Balaban J connectivity index is 1.30. The summed E-state index contributed by atoms with van der Waals surface area (Å²) in [4.78, 5) is 0. The van der Waals surface area contributed by atoms with Gasteiger partial charge >= 0.3 is 0 Å². The van der Waals surface area contributed by atoms with E-state index >= 15 is 0 Å². The minimum absolute atomic E-state index is 0.215. The fourth-order valence-corrected chi connectivity index (χ4v) is 5.56. The van der Waals surface area contributed by atoms with Crippen molar-refractivity contribution in [2.24, 2.45) is 5.92 Å². The molecule has 0 bridgehead atoms. The Labute approximate surface area is 227 Å². The molecule has 0 saturated heterocycles. The molecule has 5 rings (SSSR count). The van der Waals surface area contributed by atoms with Crippen LogP contribution in [-0.4, -0.2) is 6.61 Å². The number of aryl methyl sites for hydroxylation is 1. The first-order chi connectivity index (χ1) is 18.6. The van der Waals surface area contributed by atoms with Crippen LogP contribution in [0.1, 0.15) is 53.5 Å². The number of hydrogen-bond donors (Lipinski definition) is 0. The van der Waals surface area contributed by atoms with E-state index in [1.807, 2.05) is 6.92 Å². The van der Waals surface area contributed by atoms with Crippen molar-refractivity contribution < 1.29 is 4.74 Å². The van der Waals surface area contributed by atoms with Crippen LogP contribution in [0.3, 0.4) is 0 Å². The van der Waals surface area contributed by atoms with E-state index in [0.717, 1.165) is 25.0 Å². The maximum atomic E-state index is 5.57. The Morgan fingerprint density at radius 3 is 1.92 bits per heavy atom. The van der Waals surface area contributed by atoms with Crippen LogP contribution < -0.4 is 4.74 Å². The summed E-state index contributed by atoms with van der Waals surface area (Å²) in [6, 6.07) is 39.0. The summed E-state index contributed by atoms with van der Waals surface area (Å²) >= 11 is 0.